The highest BCUT2D eigenvalue weighted by Crippen LogP contribution is 2.35. The van der Waals surface area contributed by atoms with Gasteiger partial charge in [-0.25, -0.2) is 4.98 Å². The lowest BCUT2D eigenvalue weighted by Gasteiger charge is -2.36. The van der Waals surface area contributed by atoms with E-state index in [1.807, 2.05) is 18.2 Å². The molecule has 1 saturated heterocycles. The van der Waals surface area contributed by atoms with Crippen LogP contribution >= 0.6 is 34.5 Å². The highest BCUT2D eigenvalue weighted by molar-refractivity contribution is 7.22. The Balaban J connectivity index is 1.55. The smallest absolute Gasteiger partial charge is 0.186 e. The molecule has 130 valence electrons. The van der Waals surface area contributed by atoms with Gasteiger partial charge >= 0.3 is 0 Å². The molecule has 0 radical (unpaired) electrons. The third-order valence-electron chi connectivity index (χ3n) is 4.75. The van der Waals surface area contributed by atoms with E-state index in [1.165, 1.54) is 15.8 Å². The molecule has 0 aliphatic carbocycles. The Bertz CT molecular complexity index is 891. The zero-order valence-electron chi connectivity index (χ0n) is 14.2. The number of nitrogens with zero attached hydrogens (tertiary/aromatic N) is 3. The summed E-state index contributed by atoms with van der Waals surface area (Å²) in [5.74, 6) is 0. The second-order valence-corrected chi connectivity index (χ2v) is 8.18. The summed E-state index contributed by atoms with van der Waals surface area (Å²) < 4.78 is 1.30. The van der Waals surface area contributed by atoms with Crippen LogP contribution in [0, 0.1) is 13.8 Å². The summed E-state index contributed by atoms with van der Waals surface area (Å²) >= 11 is 14.3. The van der Waals surface area contributed by atoms with E-state index in [0.29, 0.717) is 10.0 Å². The average molecular weight is 392 g/mol. The Kier molecular flexibility index (Phi) is 4.52. The topological polar surface area (TPSA) is 19.4 Å². The van der Waals surface area contributed by atoms with Gasteiger partial charge in [0.25, 0.3) is 0 Å². The van der Waals surface area contributed by atoms with Crippen molar-refractivity contribution in [3.8, 4) is 0 Å². The number of aromatic nitrogens is 1. The van der Waals surface area contributed by atoms with Gasteiger partial charge in [-0.2, -0.15) is 0 Å². The molecule has 4 rings (SSSR count). The van der Waals surface area contributed by atoms with Crippen molar-refractivity contribution in [2.45, 2.75) is 13.8 Å². The molecule has 0 saturated carbocycles. The molecule has 1 aliphatic heterocycles. The maximum absolute atomic E-state index is 6.37. The van der Waals surface area contributed by atoms with Gasteiger partial charge in [-0.3, -0.25) is 0 Å². The summed E-state index contributed by atoms with van der Waals surface area (Å²) in [5.41, 5.74) is 4.70. The number of rotatable bonds is 2. The van der Waals surface area contributed by atoms with Crippen LogP contribution in [0.15, 0.2) is 30.3 Å². The van der Waals surface area contributed by atoms with Crippen molar-refractivity contribution in [2.75, 3.05) is 36.0 Å². The van der Waals surface area contributed by atoms with Gasteiger partial charge in [0.2, 0.25) is 0 Å². The lowest BCUT2D eigenvalue weighted by Crippen LogP contribution is -2.46. The minimum atomic E-state index is 0.610. The Morgan fingerprint density at radius 2 is 1.60 bits per heavy atom. The fourth-order valence-corrected chi connectivity index (χ4v) is 4.84. The molecule has 25 heavy (non-hydrogen) atoms. The van der Waals surface area contributed by atoms with E-state index in [9.17, 15) is 0 Å². The van der Waals surface area contributed by atoms with Crippen molar-refractivity contribution in [3.05, 3.63) is 51.5 Å². The highest BCUT2D eigenvalue weighted by atomic mass is 35.5. The predicted octanol–water partition coefficient (Wildman–Crippen LogP) is 5.55. The van der Waals surface area contributed by atoms with Gasteiger partial charge in [-0.15, -0.1) is 0 Å². The highest BCUT2D eigenvalue weighted by Gasteiger charge is 2.22. The lowest BCUT2D eigenvalue weighted by atomic mass is 10.1. The number of hydrogen-bond acceptors (Lipinski definition) is 4. The van der Waals surface area contributed by atoms with Gasteiger partial charge in [-0.05, 0) is 37.1 Å². The molecule has 1 aliphatic rings. The number of anilines is 2. The number of benzene rings is 2. The fourth-order valence-electron chi connectivity index (χ4n) is 3.26. The van der Waals surface area contributed by atoms with E-state index in [2.05, 4.69) is 35.8 Å². The first-order valence-corrected chi connectivity index (χ1v) is 9.92. The quantitative estimate of drug-likeness (QED) is 0.570. The van der Waals surface area contributed by atoms with E-state index < -0.39 is 0 Å². The van der Waals surface area contributed by atoms with Crippen molar-refractivity contribution in [3.63, 3.8) is 0 Å². The minimum Gasteiger partial charge on any atom is -0.367 e. The van der Waals surface area contributed by atoms with Crippen LogP contribution in [0.5, 0.6) is 0 Å². The number of piperazine rings is 1. The minimum absolute atomic E-state index is 0.610. The Morgan fingerprint density at radius 1 is 0.920 bits per heavy atom. The molecule has 0 spiro atoms. The van der Waals surface area contributed by atoms with Crippen LogP contribution in [-0.2, 0) is 0 Å². The van der Waals surface area contributed by atoms with Gasteiger partial charge in [0.05, 0.1) is 25.9 Å². The number of aryl methyl sites for hydroxylation is 2. The van der Waals surface area contributed by atoms with E-state index in [0.717, 1.165) is 42.5 Å². The van der Waals surface area contributed by atoms with Gasteiger partial charge < -0.3 is 9.80 Å². The summed E-state index contributed by atoms with van der Waals surface area (Å²) in [6, 6.07) is 10.2. The molecule has 0 atom stereocenters. The first kappa shape index (κ1) is 17.0. The van der Waals surface area contributed by atoms with Crippen molar-refractivity contribution in [2.24, 2.45) is 0 Å². The predicted molar refractivity (Wildman–Crippen MR) is 110 cm³/mol. The molecule has 1 aromatic heterocycles. The maximum atomic E-state index is 6.37. The molecule has 1 fully saturated rings. The molecule has 2 heterocycles. The number of hydrogen-bond donors (Lipinski definition) is 0. The van der Waals surface area contributed by atoms with Crippen LogP contribution in [-0.4, -0.2) is 31.2 Å². The van der Waals surface area contributed by atoms with Crippen LogP contribution in [0.25, 0.3) is 10.2 Å². The summed E-state index contributed by atoms with van der Waals surface area (Å²) in [7, 11) is 0. The standard InChI is InChI=1S/C19H19Cl2N3S/c1-12-6-7-13(2)18-17(12)22-19(25-18)24-10-8-23(9-11-24)15-5-3-4-14(20)16(15)21/h3-7H,8-11H2,1-2H3. The lowest BCUT2D eigenvalue weighted by molar-refractivity contribution is 0.652. The molecule has 3 aromatic rings. The molecular formula is C19H19Cl2N3S. The molecule has 0 amide bonds. The van der Waals surface area contributed by atoms with E-state index >= 15 is 0 Å². The Morgan fingerprint density at radius 3 is 2.32 bits per heavy atom. The number of halogens is 2. The first-order chi connectivity index (χ1) is 12.0. The normalized spacial score (nSPS) is 15.2. The Hall–Kier alpha value is -1.49. The summed E-state index contributed by atoms with van der Waals surface area (Å²) in [6.07, 6.45) is 0. The van der Waals surface area contributed by atoms with Crippen molar-refractivity contribution in [1.82, 2.24) is 4.98 Å². The van der Waals surface area contributed by atoms with Gasteiger partial charge in [0, 0.05) is 26.2 Å². The zero-order valence-corrected chi connectivity index (χ0v) is 16.5. The van der Waals surface area contributed by atoms with Crippen molar-refractivity contribution >= 4 is 55.6 Å². The molecule has 2 aromatic carbocycles. The van der Waals surface area contributed by atoms with E-state index in [1.54, 1.807) is 11.3 Å². The van der Waals surface area contributed by atoms with Gasteiger partial charge in [0.1, 0.15) is 0 Å². The average Bonchev–Trinajstić information content (AvgIpc) is 3.08. The second-order valence-electron chi connectivity index (χ2n) is 6.42. The van der Waals surface area contributed by atoms with Crippen LogP contribution in [0.4, 0.5) is 10.8 Å². The summed E-state index contributed by atoms with van der Waals surface area (Å²) in [6.45, 7) is 7.97. The van der Waals surface area contributed by atoms with Crippen LogP contribution < -0.4 is 9.80 Å². The summed E-state index contributed by atoms with van der Waals surface area (Å²) in [5, 5.41) is 2.37. The van der Waals surface area contributed by atoms with Crippen molar-refractivity contribution in [1.29, 1.82) is 0 Å². The van der Waals surface area contributed by atoms with Gasteiger partial charge in [-0.1, -0.05) is 52.7 Å². The van der Waals surface area contributed by atoms with Crippen molar-refractivity contribution < 1.29 is 0 Å². The van der Waals surface area contributed by atoms with Crippen LogP contribution in [0.3, 0.4) is 0 Å². The van der Waals surface area contributed by atoms with Gasteiger partial charge in [0.15, 0.2) is 5.13 Å². The molecule has 6 heteroatoms. The summed E-state index contributed by atoms with van der Waals surface area (Å²) in [4.78, 5) is 9.58. The molecule has 0 bridgehead atoms. The molecular weight excluding hydrogens is 373 g/mol. The van der Waals surface area contributed by atoms with Crippen LogP contribution in [0.1, 0.15) is 11.1 Å². The zero-order chi connectivity index (χ0) is 17.6. The Labute approximate surface area is 161 Å². The van der Waals surface area contributed by atoms with E-state index in [-0.39, 0.29) is 0 Å². The largest absolute Gasteiger partial charge is 0.367 e. The molecule has 3 nitrogen and oxygen atoms in total. The fraction of sp³-hybridized carbons (Fsp3) is 0.316. The van der Waals surface area contributed by atoms with Crippen LogP contribution in [0.2, 0.25) is 10.0 Å². The third kappa shape index (κ3) is 3.07. The number of fused-ring (bicyclic) bond motifs is 1. The third-order valence-corrected chi connectivity index (χ3v) is 6.81. The van der Waals surface area contributed by atoms with E-state index in [4.69, 9.17) is 28.2 Å². The first-order valence-electron chi connectivity index (χ1n) is 8.35. The molecule has 0 N–H and O–H groups in total. The monoisotopic (exact) mass is 391 g/mol. The number of thiazole rings is 1. The second kappa shape index (κ2) is 6.67. The SMILES string of the molecule is Cc1ccc(C)c2sc(N3CCN(c4cccc(Cl)c4Cl)CC3)nc12. The molecule has 0 unspecified atom stereocenters. The maximum Gasteiger partial charge on any atom is 0.186 e.